The fourth-order valence-electron chi connectivity index (χ4n) is 2.51. The molecule has 4 heteroatoms. The minimum absolute atomic E-state index is 0.0130. The molecule has 0 bridgehead atoms. The Morgan fingerprint density at radius 1 is 1.30 bits per heavy atom. The maximum atomic E-state index is 13.2. The Morgan fingerprint density at radius 2 is 2.15 bits per heavy atom. The van der Waals surface area contributed by atoms with Gasteiger partial charge in [0.25, 0.3) is 0 Å². The van der Waals surface area contributed by atoms with E-state index in [2.05, 4.69) is 5.32 Å². The zero-order valence-electron chi connectivity index (χ0n) is 11.1. The number of nitrogens with one attached hydrogen (secondary N) is 1. The fraction of sp³-hybridized carbons (Fsp3) is 0.250. The number of aromatic hydroxyl groups is 1. The molecule has 0 saturated heterocycles. The van der Waals surface area contributed by atoms with Gasteiger partial charge in [0.15, 0.2) is 0 Å². The second-order valence-corrected chi connectivity index (χ2v) is 5.03. The number of hydrogen-bond acceptors (Lipinski definition) is 3. The summed E-state index contributed by atoms with van der Waals surface area (Å²) in [6.07, 6.45) is 0. The van der Waals surface area contributed by atoms with Gasteiger partial charge in [0.05, 0.1) is 6.04 Å². The Hall–Kier alpha value is -2.07. The van der Waals surface area contributed by atoms with Crippen LogP contribution in [0, 0.1) is 5.82 Å². The molecule has 104 valence electrons. The van der Waals surface area contributed by atoms with Crippen LogP contribution in [0.15, 0.2) is 42.5 Å². The molecule has 0 saturated carbocycles. The minimum atomic E-state index is -0.232. The summed E-state index contributed by atoms with van der Waals surface area (Å²) in [4.78, 5) is 0. The van der Waals surface area contributed by atoms with Crippen LogP contribution in [0.1, 0.15) is 30.1 Å². The van der Waals surface area contributed by atoms with Crippen LogP contribution in [0.25, 0.3) is 0 Å². The molecule has 2 aromatic rings. The molecule has 0 spiro atoms. The quantitative estimate of drug-likeness (QED) is 0.901. The van der Waals surface area contributed by atoms with Crippen molar-refractivity contribution in [2.24, 2.45) is 0 Å². The molecule has 1 aliphatic rings. The molecule has 2 atom stereocenters. The maximum Gasteiger partial charge on any atom is 0.127 e. The van der Waals surface area contributed by atoms with Crippen molar-refractivity contribution in [3.8, 4) is 11.5 Å². The van der Waals surface area contributed by atoms with Crippen molar-refractivity contribution in [3.63, 3.8) is 0 Å². The summed E-state index contributed by atoms with van der Waals surface area (Å²) in [5.74, 6) is 0.667. The van der Waals surface area contributed by atoms with E-state index < -0.39 is 0 Å². The Labute approximate surface area is 117 Å². The van der Waals surface area contributed by atoms with Gasteiger partial charge in [0.1, 0.15) is 23.9 Å². The van der Waals surface area contributed by atoms with Gasteiger partial charge in [0.2, 0.25) is 0 Å². The highest BCUT2D eigenvalue weighted by atomic mass is 19.1. The molecule has 1 aliphatic heterocycles. The number of ether oxygens (including phenoxy) is 1. The summed E-state index contributed by atoms with van der Waals surface area (Å²) in [7, 11) is 0. The number of rotatable bonds is 3. The molecule has 20 heavy (non-hydrogen) atoms. The zero-order chi connectivity index (χ0) is 14.1. The molecule has 3 nitrogen and oxygen atoms in total. The highest BCUT2D eigenvalue weighted by Gasteiger charge is 2.25. The van der Waals surface area contributed by atoms with Gasteiger partial charge in [-0.15, -0.1) is 0 Å². The van der Waals surface area contributed by atoms with Crippen molar-refractivity contribution in [2.45, 2.75) is 19.0 Å². The normalized spacial score (nSPS) is 18.4. The summed E-state index contributed by atoms with van der Waals surface area (Å²) < 4.78 is 18.8. The van der Waals surface area contributed by atoms with Crippen LogP contribution in [0.5, 0.6) is 11.5 Å². The third-order valence-electron chi connectivity index (χ3n) is 3.58. The van der Waals surface area contributed by atoms with Gasteiger partial charge >= 0.3 is 0 Å². The van der Waals surface area contributed by atoms with Gasteiger partial charge in [-0.1, -0.05) is 12.1 Å². The van der Waals surface area contributed by atoms with Crippen LogP contribution in [-0.4, -0.2) is 11.7 Å². The number of phenols is 1. The highest BCUT2D eigenvalue weighted by molar-refractivity contribution is 5.44. The van der Waals surface area contributed by atoms with Gasteiger partial charge < -0.3 is 15.2 Å². The summed E-state index contributed by atoms with van der Waals surface area (Å²) in [6, 6.07) is 11.8. The predicted octanol–water partition coefficient (Wildman–Crippen LogP) is 3.32. The summed E-state index contributed by atoms with van der Waals surface area (Å²) in [5, 5.41) is 12.9. The summed E-state index contributed by atoms with van der Waals surface area (Å²) in [5.41, 5.74) is 1.92. The second kappa shape index (κ2) is 5.13. The molecule has 2 N–H and O–H groups in total. The molecule has 1 unspecified atom stereocenters. The van der Waals surface area contributed by atoms with Gasteiger partial charge in [-0.2, -0.15) is 0 Å². The van der Waals surface area contributed by atoms with E-state index in [0.717, 1.165) is 11.1 Å². The van der Waals surface area contributed by atoms with Crippen LogP contribution >= 0.6 is 0 Å². The molecule has 0 amide bonds. The number of hydrogen-bond donors (Lipinski definition) is 2. The van der Waals surface area contributed by atoms with Crippen LogP contribution in [0.3, 0.4) is 0 Å². The average Bonchev–Trinajstić information content (AvgIpc) is 2.81. The van der Waals surface area contributed by atoms with Crippen LogP contribution in [0.2, 0.25) is 0 Å². The Bertz CT molecular complexity index is 630. The molecule has 1 heterocycles. The van der Waals surface area contributed by atoms with E-state index >= 15 is 0 Å². The fourth-order valence-corrected chi connectivity index (χ4v) is 2.51. The van der Waals surface area contributed by atoms with E-state index in [1.54, 1.807) is 18.2 Å². The summed E-state index contributed by atoms with van der Waals surface area (Å²) >= 11 is 0. The Morgan fingerprint density at radius 3 is 2.95 bits per heavy atom. The largest absolute Gasteiger partial charge is 0.508 e. The second-order valence-electron chi connectivity index (χ2n) is 5.03. The lowest BCUT2D eigenvalue weighted by molar-refractivity contribution is 0.300. The van der Waals surface area contributed by atoms with Crippen molar-refractivity contribution in [3.05, 3.63) is 59.4 Å². The van der Waals surface area contributed by atoms with Gasteiger partial charge in [-0.05, 0) is 36.8 Å². The molecule has 0 radical (unpaired) electrons. The summed E-state index contributed by atoms with van der Waals surface area (Å²) in [6.45, 7) is 2.51. The van der Waals surface area contributed by atoms with E-state index in [9.17, 15) is 9.50 Å². The van der Waals surface area contributed by atoms with E-state index in [-0.39, 0.29) is 23.7 Å². The zero-order valence-corrected chi connectivity index (χ0v) is 11.1. The van der Waals surface area contributed by atoms with E-state index in [4.69, 9.17) is 4.74 Å². The molecule has 3 rings (SSSR count). The topological polar surface area (TPSA) is 41.5 Å². The van der Waals surface area contributed by atoms with E-state index in [0.29, 0.717) is 12.4 Å². The van der Waals surface area contributed by atoms with E-state index in [1.165, 1.54) is 12.1 Å². The van der Waals surface area contributed by atoms with Gasteiger partial charge in [-0.25, -0.2) is 4.39 Å². The first kappa shape index (κ1) is 12.9. The van der Waals surface area contributed by atoms with Crippen molar-refractivity contribution >= 4 is 0 Å². The number of halogens is 1. The smallest absolute Gasteiger partial charge is 0.127 e. The van der Waals surface area contributed by atoms with Crippen molar-refractivity contribution in [1.29, 1.82) is 0 Å². The lowest BCUT2D eigenvalue weighted by Gasteiger charge is -2.19. The van der Waals surface area contributed by atoms with Crippen LogP contribution in [-0.2, 0) is 0 Å². The first-order chi connectivity index (χ1) is 9.63. The standard InChI is InChI=1S/C16H16FNO2/c1-10(11-3-2-4-12(17)7-11)18-15-9-20-16-8-13(19)5-6-14(15)16/h2-8,10,15,18-19H,9H2,1H3/t10-,15?/m1/s1. The minimum Gasteiger partial charge on any atom is -0.508 e. The highest BCUT2D eigenvalue weighted by Crippen LogP contribution is 2.36. The van der Waals surface area contributed by atoms with Crippen LogP contribution < -0.4 is 10.1 Å². The lowest BCUT2D eigenvalue weighted by Crippen LogP contribution is -2.25. The number of phenolic OH excluding ortho intramolecular Hbond substituents is 1. The molecule has 2 aromatic carbocycles. The van der Waals surface area contributed by atoms with Crippen LogP contribution in [0.4, 0.5) is 4.39 Å². The number of fused-ring (bicyclic) bond motifs is 1. The number of benzene rings is 2. The van der Waals surface area contributed by atoms with E-state index in [1.807, 2.05) is 19.1 Å². The average molecular weight is 273 g/mol. The van der Waals surface area contributed by atoms with Gasteiger partial charge in [0, 0.05) is 17.7 Å². The Balaban J connectivity index is 1.77. The third kappa shape index (κ3) is 2.47. The van der Waals surface area contributed by atoms with Crippen molar-refractivity contribution < 1.29 is 14.2 Å². The molecule has 0 fully saturated rings. The monoisotopic (exact) mass is 273 g/mol. The molecular formula is C16H16FNO2. The SMILES string of the molecule is C[C@@H](NC1COc2cc(O)ccc21)c1cccc(F)c1. The third-order valence-corrected chi connectivity index (χ3v) is 3.58. The first-order valence-electron chi connectivity index (χ1n) is 6.61. The van der Waals surface area contributed by atoms with Crippen molar-refractivity contribution in [1.82, 2.24) is 5.32 Å². The Kier molecular flexibility index (Phi) is 3.32. The molecule has 0 aromatic heterocycles. The predicted molar refractivity (Wildman–Crippen MR) is 74.3 cm³/mol. The molecule has 0 aliphatic carbocycles. The lowest BCUT2D eigenvalue weighted by atomic mass is 10.0. The molecular weight excluding hydrogens is 257 g/mol. The first-order valence-corrected chi connectivity index (χ1v) is 6.61. The van der Waals surface area contributed by atoms with Gasteiger partial charge in [-0.3, -0.25) is 0 Å². The maximum absolute atomic E-state index is 13.2. The van der Waals surface area contributed by atoms with Crippen molar-refractivity contribution in [2.75, 3.05) is 6.61 Å².